The second-order valence-electron chi connectivity index (χ2n) is 4.38. The Morgan fingerprint density at radius 2 is 1.82 bits per heavy atom. The molecule has 0 spiro atoms. The van der Waals surface area contributed by atoms with Crippen molar-refractivity contribution in [3.63, 3.8) is 0 Å². The highest BCUT2D eigenvalue weighted by Gasteiger charge is 2.04. The highest BCUT2D eigenvalue weighted by atomic mass is 35.5. The Morgan fingerprint density at radius 3 is 2.50 bits per heavy atom. The number of rotatable bonds is 4. The summed E-state index contributed by atoms with van der Waals surface area (Å²) in [6, 6.07) is 11.0. The second kappa shape index (κ2) is 7.11. The molecule has 112 valence electrons. The van der Waals surface area contributed by atoms with E-state index in [1.807, 2.05) is 0 Å². The van der Waals surface area contributed by atoms with E-state index in [0.717, 1.165) is 5.56 Å². The highest BCUT2D eigenvalue weighted by molar-refractivity contribution is 6.42. The maximum absolute atomic E-state index is 11.8. The molecule has 0 aliphatic rings. The summed E-state index contributed by atoms with van der Waals surface area (Å²) in [4.78, 5) is 22.7. The molecule has 0 radical (unpaired) electrons. The fourth-order valence-electron chi connectivity index (χ4n) is 1.70. The first kappa shape index (κ1) is 16.1. The van der Waals surface area contributed by atoms with Crippen molar-refractivity contribution < 1.29 is 14.7 Å². The zero-order valence-corrected chi connectivity index (χ0v) is 12.7. The third-order valence-electron chi connectivity index (χ3n) is 2.75. The van der Waals surface area contributed by atoms with Gasteiger partial charge < -0.3 is 10.4 Å². The number of halogens is 2. The van der Waals surface area contributed by atoms with Crippen molar-refractivity contribution in [1.82, 2.24) is 0 Å². The van der Waals surface area contributed by atoms with Crippen LogP contribution in [0.4, 0.5) is 5.69 Å². The molecule has 0 bridgehead atoms. The zero-order valence-electron chi connectivity index (χ0n) is 11.2. The van der Waals surface area contributed by atoms with Crippen LogP contribution in [0, 0.1) is 0 Å². The topological polar surface area (TPSA) is 66.4 Å². The molecule has 4 nitrogen and oxygen atoms in total. The van der Waals surface area contributed by atoms with Crippen LogP contribution in [0.1, 0.15) is 15.9 Å². The fourth-order valence-corrected chi connectivity index (χ4v) is 2.01. The first-order valence-electron chi connectivity index (χ1n) is 6.23. The number of carbonyl (C=O) groups is 2. The van der Waals surface area contributed by atoms with Crippen LogP contribution in [0.25, 0.3) is 6.08 Å². The molecular formula is C16H11Cl2NO3. The average Bonchev–Trinajstić information content (AvgIpc) is 2.49. The summed E-state index contributed by atoms with van der Waals surface area (Å²) in [5.74, 6) is -1.43. The van der Waals surface area contributed by atoms with Crippen molar-refractivity contribution in [3.8, 4) is 0 Å². The lowest BCUT2D eigenvalue weighted by atomic mass is 10.2. The standard InChI is InChI=1S/C16H11Cl2NO3/c17-13-6-4-10(8-14(13)18)5-7-15(20)19-12-3-1-2-11(9-12)16(21)22/h1-9H,(H,19,20)(H,21,22). The van der Waals surface area contributed by atoms with Gasteiger partial charge in [-0.2, -0.15) is 0 Å². The van der Waals surface area contributed by atoms with Gasteiger partial charge in [0.1, 0.15) is 0 Å². The van der Waals surface area contributed by atoms with E-state index in [-0.39, 0.29) is 11.5 Å². The maximum Gasteiger partial charge on any atom is 0.335 e. The van der Waals surface area contributed by atoms with Crippen molar-refractivity contribution in [2.24, 2.45) is 0 Å². The van der Waals surface area contributed by atoms with Crippen molar-refractivity contribution in [2.75, 3.05) is 5.32 Å². The van der Waals surface area contributed by atoms with E-state index < -0.39 is 5.97 Å². The smallest absolute Gasteiger partial charge is 0.335 e. The molecule has 2 N–H and O–H groups in total. The van der Waals surface area contributed by atoms with Gasteiger partial charge in [0, 0.05) is 11.8 Å². The number of hydrogen-bond donors (Lipinski definition) is 2. The van der Waals surface area contributed by atoms with E-state index >= 15 is 0 Å². The first-order chi connectivity index (χ1) is 10.5. The lowest BCUT2D eigenvalue weighted by Gasteiger charge is -2.03. The molecule has 22 heavy (non-hydrogen) atoms. The Labute approximate surface area is 137 Å². The number of hydrogen-bond acceptors (Lipinski definition) is 2. The Hall–Kier alpha value is -2.30. The predicted molar refractivity (Wildman–Crippen MR) is 87.5 cm³/mol. The monoisotopic (exact) mass is 335 g/mol. The van der Waals surface area contributed by atoms with Gasteiger partial charge in [-0.15, -0.1) is 0 Å². The molecule has 0 aliphatic heterocycles. The van der Waals surface area contributed by atoms with Crippen LogP contribution in [-0.4, -0.2) is 17.0 Å². The SMILES string of the molecule is O=C(C=Cc1ccc(Cl)c(Cl)c1)Nc1cccc(C(=O)O)c1. The Morgan fingerprint density at radius 1 is 1.05 bits per heavy atom. The average molecular weight is 336 g/mol. The molecule has 0 atom stereocenters. The molecule has 0 fully saturated rings. The summed E-state index contributed by atoms with van der Waals surface area (Å²) in [6.07, 6.45) is 2.91. The van der Waals surface area contributed by atoms with Crippen LogP contribution in [0.5, 0.6) is 0 Å². The summed E-state index contributed by atoms with van der Waals surface area (Å²) >= 11 is 11.7. The minimum Gasteiger partial charge on any atom is -0.478 e. The first-order valence-corrected chi connectivity index (χ1v) is 6.99. The zero-order chi connectivity index (χ0) is 16.1. The summed E-state index contributed by atoms with van der Waals surface area (Å²) in [6.45, 7) is 0. The molecule has 0 saturated carbocycles. The molecule has 2 aromatic rings. The minimum atomic E-state index is -1.05. The Kier molecular flexibility index (Phi) is 5.20. The summed E-state index contributed by atoms with van der Waals surface area (Å²) < 4.78 is 0. The molecule has 2 aromatic carbocycles. The molecule has 6 heteroatoms. The third kappa shape index (κ3) is 4.35. The lowest BCUT2D eigenvalue weighted by molar-refractivity contribution is -0.111. The molecule has 0 aromatic heterocycles. The molecular weight excluding hydrogens is 325 g/mol. The Bertz CT molecular complexity index is 757. The summed E-state index contributed by atoms with van der Waals surface area (Å²) in [7, 11) is 0. The van der Waals surface area contributed by atoms with E-state index in [1.54, 1.807) is 36.4 Å². The van der Waals surface area contributed by atoms with E-state index in [0.29, 0.717) is 15.7 Å². The number of anilines is 1. The van der Waals surface area contributed by atoms with Gasteiger partial charge in [-0.25, -0.2) is 4.79 Å². The van der Waals surface area contributed by atoms with Crippen LogP contribution in [0.15, 0.2) is 48.5 Å². The van der Waals surface area contributed by atoms with Gasteiger partial charge in [-0.3, -0.25) is 4.79 Å². The summed E-state index contributed by atoms with van der Waals surface area (Å²) in [5, 5.41) is 12.3. The van der Waals surface area contributed by atoms with Crippen molar-refractivity contribution in [3.05, 3.63) is 69.7 Å². The van der Waals surface area contributed by atoms with Gasteiger partial charge in [-0.1, -0.05) is 35.3 Å². The normalized spacial score (nSPS) is 10.6. The highest BCUT2D eigenvalue weighted by Crippen LogP contribution is 2.23. The summed E-state index contributed by atoms with van der Waals surface area (Å²) in [5.41, 5.74) is 1.23. The molecule has 0 heterocycles. The number of aromatic carboxylic acids is 1. The van der Waals surface area contributed by atoms with Gasteiger partial charge in [-0.05, 0) is 42.0 Å². The van der Waals surface area contributed by atoms with E-state index in [1.165, 1.54) is 18.2 Å². The van der Waals surface area contributed by atoms with E-state index in [9.17, 15) is 9.59 Å². The molecule has 0 unspecified atom stereocenters. The van der Waals surface area contributed by atoms with Gasteiger partial charge in [0.2, 0.25) is 5.91 Å². The van der Waals surface area contributed by atoms with Crippen molar-refractivity contribution >= 4 is 46.8 Å². The third-order valence-corrected chi connectivity index (χ3v) is 3.49. The van der Waals surface area contributed by atoms with Gasteiger partial charge in [0.15, 0.2) is 0 Å². The van der Waals surface area contributed by atoms with Crippen LogP contribution >= 0.6 is 23.2 Å². The largest absolute Gasteiger partial charge is 0.478 e. The van der Waals surface area contributed by atoms with Gasteiger partial charge in [0.05, 0.1) is 15.6 Å². The van der Waals surface area contributed by atoms with Gasteiger partial charge in [0.25, 0.3) is 0 Å². The minimum absolute atomic E-state index is 0.103. The number of benzene rings is 2. The number of amides is 1. The molecule has 1 amide bonds. The number of carbonyl (C=O) groups excluding carboxylic acids is 1. The van der Waals surface area contributed by atoms with Crippen LogP contribution in [0.2, 0.25) is 10.0 Å². The molecule has 0 saturated heterocycles. The molecule has 2 rings (SSSR count). The lowest BCUT2D eigenvalue weighted by Crippen LogP contribution is -2.08. The van der Waals surface area contributed by atoms with Crippen LogP contribution in [-0.2, 0) is 4.79 Å². The van der Waals surface area contributed by atoms with Crippen molar-refractivity contribution in [2.45, 2.75) is 0 Å². The van der Waals surface area contributed by atoms with Gasteiger partial charge >= 0.3 is 5.97 Å². The molecule has 0 aliphatic carbocycles. The van der Waals surface area contributed by atoms with E-state index in [2.05, 4.69) is 5.32 Å². The Balaban J connectivity index is 2.06. The van der Waals surface area contributed by atoms with Crippen LogP contribution < -0.4 is 5.32 Å². The van der Waals surface area contributed by atoms with E-state index in [4.69, 9.17) is 28.3 Å². The van der Waals surface area contributed by atoms with Crippen LogP contribution in [0.3, 0.4) is 0 Å². The second-order valence-corrected chi connectivity index (χ2v) is 5.20. The fraction of sp³-hybridized carbons (Fsp3) is 0. The number of carboxylic acids is 1. The number of carboxylic acid groups (broad SMARTS) is 1. The maximum atomic E-state index is 11.8. The quantitative estimate of drug-likeness (QED) is 0.816. The predicted octanol–water partition coefficient (Wildman–Crippen LogP) is 4.34. The van der Waals surface area contributed by atoms with Crippen molar-refractivity contribution in [1.29, 1.82) is 0 Å². The number of nitrogens with one attached hydrogen (secondary N) is 1.